The molecule has 0 aliphatic carbocycles. The Morgan fingerprint density at radius 1 is 1.15 bits per heavy atom. The van der Waals surface area contributed by atoms with E-state index in [0.29, 0.717) is 24.2 Å². The monoisotopic (exact) mass is 498 g/mol. The maximum absolute atomic E-state index is 13.1. The maximum Gasteiger partial charge on any atom is 0.416 e. The molecular formula is C17H19F4IN4O. The summed E-state index contributed by atoms with van der Waals surface area (Å²) in [4.78, 5) is 8.16. The average Bonchev–Trinajstić information content (AvgIpc) is 2.62. The molecular weight excluding hydrogens is 479 g/mol. The van der Waals surface area contributed by atoms with Crippen LogP contribution >= 0.6 is 24.0 Å². The summed E-state index contributed by atoms with van der Waals surface area (Å²) in [6, 6.07) is 7.81. The second-order valence-electron chi connectivity index (χ2n) is 5.25. The van der Waals surface area contributed by atoms with Crippen molar-refractivity contribution in [2.24, 2.45) is 4.99 Å². The third kappa shape index (κ3) is 6.85. The van der Waals surface area contributed by atoms with Gasteiger partial charge < -0.3 is 15.4 Å². The molecule has 0 atom stereocenters. The molecule has 0 saturated carbocycles. The van der Waals surface area contributed by atoms with Gasteiger partial charge in [0.15, 0.2) is 5.96 Å². The molecule has 10 heteroatoms. The predicted octanol–water partition coefficient (Wildman–Crippen LogP) is 3.73. The lowest BCUT2D eigenvalue weighted by atomic mass is 10.1. The number of alkyl halides is 3. The van der Waals surface area contributed by atoms with E-state index in [4.69, 9.17) is 4.74 Å². The van der Waals surface area contributed by atoms with Crippen molar-refractivity contribution in [3.05, 3.63) is 59.0 Å². The van der Waals surface area contributed by atoms with Crippen molar-refractivity contribution < 1.29 is 22.3 Å². The number of benzene rings is 1. The molecule has 2 rings (SSSR count). The summed E-state index contributed by atoms with van der Waals surface area (Å²) in [7, 11) is 2.99. The van der Waals surface area contributed by atoms with Crippen molar-refractivity contribution in [1.29, 1.82) is 0 Å². The van der Waals surface area contributed by atoms with E-state index >= 15 is 0 Å². The molecule has 0 unspecified atom stereocenters. The van der Waals surface area contributed by atoms with Gasteiger partial charge in [0, 0.05) is 19.7 Å². The highest BCUT2D eigenvalue weighted by Gasteiger charge is 2.33. The number of methoxy groups -OCH3 is 1. The number of halogens is 5. The quantitative estimate of drug-likeness (QED) is 0.286. The van der Waals surface area contributed by atoms with Gasteiger partial charge >= 0.3 is 6.18 Å². The van der Waals surface area contributed by atoms with Crippen LogP contribution in [0.2, 0.25) is 0 Å². The minimum Gasteiger partial charge on any atom is -0.481 e. The van der Waals surface area contributed by atoms with Crippen LogP contribution in [0.15, 0.2) is 41.4 Å². The Kier molecular flexibility index (Phi) is 8.73. The number of hydrogen-bond donors (Lipinski definition) is 2. The van der Waals surface area contributed by atoms with E-state index < -0.39 is 17.6 Å². The molecule has 2 N–H and O–H groups in total. The van der Waals surface area contributed by atoms with E-state index in [9.17, 15) is 17.6 Å². The van der Waals surface area contributed by atoms with Crippen LogP contribution in [0, 0.1) is 5.82 Å². The highest BCUT2D eigenvalue weighted by molar-refractivity contribution is 14.0. The molecule has 0 amide bonds. The number of pyridine rings is 1. The molecule has 148 valence electrons. The first kappa shape index (κ1) is 22.9. The summed E-state index contributed by atoms with van der Waals surface area (Å²) >= 11 is 0. The van der Waals surface area contributed by atoms with E-state index in [0.717, 1.165) is 12.1 Å². The third-order valence-corrected chi connectivity index (χ3v) is 3.47. The molecule has 27 heavy (non-hydrogen) atoms. The van der Waals surface area contributed by atoms with Gasteiger partial charge in [-0.2, -0.15) is 13.2 Å². The third-order valence-electron chi connectivity index (χ3n) is 3.47. The number of hydrogen-bond acceptors (Lipinski definition) is 3. The zero-order valence-corrected chi connectivity index (χ0v) is 16.9. The van der Waals surface area contributed by atoms with E-state index in [2.05, 4.69) is 20.6 Å². The van der Waals surface area contributed by atoms with E-state index in [1.165, 1.54) is 14.2 Å². The van der Waals surface area contributed by atoms with Crippen molar-refractivity contribution >= 4 is 29.9 Å². The Balaban J connectivity index is 0.00000364. The minimum atomic E-state index is -4.64. The average molecular weight is 498 g/mol. The van der Waals surface area contributed by atoms with Crippen LogP contribution in [0.4, 0.5) is 17.6 Å². The normalized spacial score (nSPS) is 11.6. The van der Waals surface area contributed by atoms with E-state index in [1.54, 1.807) is 18.2 Å². The number of rotatable bonds is 5. The fraction of sp³-hybridized carbons (Fsp3) is 0.294. The Hall–Kier alpha value is -2.11. The number of ether oxygens (including phenoxy) is 1. The van der Waals surface area contributed by atoms with Crippen LogP contribution in [0.1, 0.15) is 16.8 Å². The fourth-order valence-electron chi connectivity index (χ4n) is 2.21. The van der Waals surface area contributed by atoms with Crippen molar-refractivity contribution in [2.75, 3.05) is 14.2 Å². The summed E-state index contributed by atoms with van der Waals surface area (Å²) in [5, 5.41) is 5.72. The van der Waals surface area contributed by atoms with Gasteiger partial charge in [-0.1, -0.05) is 12.1 Å². The molecule has 0 spiro atoms. The lowest BCUT2D eigenvalue weighted by molar-refractivity contribution is -0.138. The van der Waals surface area contributed by atoms with Crippen LogP contribution in [0.3, 0.4) is 0 Å². The zero-order chi connectivity index (χ0) is 19.2. The van der Waals surface area contributed by atoms with Crippen LogP contribution in [-0.4, -0.2) is 25.1 Å². The second-order valence-corrected chi connectivity index (χ2v) is 5.25. The first-order valence-corrected chi connectivity index (χ1v) is 7.63. The first-order valence-electron chi connectivity index (χ1n) is 7.63. The maximum atomic E-state index is 13.1. The van der Waals surface area contributed by atoms with E-state index in [-0.39, 0.29) is 42.0 Å². The van der Waals surface area contributed by atoms with Crippen LogP contribution in [0.25, 0.3) is 0 Å². The second kappa shape index (κ2) is 10.3. The van der Waals surface area contributed by atoms with Gasteiger partial charge in [-0.3, -0.25) is 4.99 Å². The molecule has 1 heterocycles. The summed E-state index contributed by atoms with van der Waals surface area (Å²) in [5.41, 5.74) is -0.429. The minimum absolute atomic E-state index is 0. The number of guanidine groups is 1. The molecule has 0 fully saturated rings. The van der Waals surface area contributed by atoms with E-state index in [1.807, 2.05) is 0 Å². The van der Waals surface area contributed by atoms with Gasteiger partial charge in [0.05, 0.1) is 24.9 Å². The fourth-order valence-corrected chi connectivity index (χ4v) is 2.21. The molecule has 1 aromatic carbocycles. The smallest absolute Gasteiger partial charge is 0.416 e. The molecule has 1 aromatic heterocycles. The van der Waals surface area contributed by atoms with Crippen LogP contribution in [-0.2, 0) is 19.3 Å². The topological polar surface area (TPSA) is 58.5 Å². The number of nitrogens with one attached hydrogen (secondary N) is 2. The van der Waals surface area contributed by atoms with Crippen LogP contribution in [0.5, 0.6) is 5.88 Å². The van der Waals surface area contributed by atoms with Crippen molar-refractivity contribution in [2.45, 2.75) is 19.3 Å². The highest BCUT2D eigenvalue weighted by Crippen LogP contribution is 2.32. The molecule has 0 aliphatic rings. The lowest BCUT2D eigenvalue weighted by Gasteiger charge is -2.16. The van der Waals surface area contributed by atoms with Crippen molar-refractivity contribution in [3.63, 3.8) is 0 Å². The predicted molar refractivity (Wildman–Crippen MR) is 105 cm³/mol. The molecule has 0 saturated heterocycles. The number of aromatic nitrogens is 1. The van der Waals surface area contributed by atoms with Gasteiger partial charge in [-0.05, 0) is 23.8 Å². The molecule has 0 bridgehead atoms. The largest absolute Gasteiger partial charge is 0.481 e. The summed E-state index contributed by atoms with van der Waals surface area (Å²) < 4.78 is 57.2. The first-order chi connectivity index (χ1) is 12.3. The Morgan fingerprint density at radius 3 is 2.48 bits per heavy atom. The Morgan fingerprint density at radius 2 is 1.85 bits per heavy atom. The number of aliphatic imine (C=N–C) groups is 1. The zero-order valence-electron chi connectivity index (χ0n) is 14.6. The van der Waals surface area contributed by atoms with Gasteiger partial charge in [-0.15, -0.1) is 24.0 Å². The van der Waals surface area contributed by atoms with Gasteiger partial charge in [0.2, 0.25) is 5.88 Å². The summed E-state index contributed by atoms with van der Waals surface area (Å²) in [6.45, 7) is 0.132. The molecule has 5 nitrogen and oxygen atoms in total. The standard InChI is InChI=1S/C17H18F4N4O.HI/c1-22-16(24-10-13-4-3-5-15(25-13)26-2)23-9-11-6-7-12(18)8-14(11)17(19,20)21;/h3-8H,9-10H2,1-2H3,(H2,22,23,24);1H. The summed E-state index contributed by atoms with van der Waals surface area (Å²) in [5.74, 6) is -0.201. The van der Waals surface area contributed by atoms with Gasteiger partial charge in [0.1, 0.15) is 5.82 Å². The highest BCUT2D eigenvalue weighted by atomic mass is 127. The molecule has 0 radical (unpaired) electrons. The Bertz CT molecular complexity index is 784. The lowest BCUT2D eigenvalue weighted by Crippen LogP contribution is -2.37. The number of nitrogens with zero attached hydrogens (tertiary/aromatic N) is 2. The molecule has 2 aromatic rings. The van der Waals surface area contributed by atoms with Crippen molar-refractivity contribution in [1.82, 2.24) is 15.6 Å². The SMILES string of the molecule is CN=C(NCc1cccc(OC)n1)NCc1ccc(F)cc1C(F)(F)F.I. The van der Waals surface area contributed by atoms with Crippen LogP contribution < -0.4 is 15.4 Å². The molecule has 0 aliphatic heterocycles. The summed E-state index contributed by atoms with van der Waals surface area (Å²) in [6.07, 6.45) is -4.64. The van der Waals surface area contributed by atoms with Gasteiger partial charge in [-0.25, -0.2) is 9.37 Å². The van der Waals surface area contributed by atoms with Gasteiger partial charge in [0.25, 0.3) is 0 Å². The Labute approximate surface area is 171 Å². The van der Waals surface area contributed by atoms with Crippen molar-refractivity contribution in [3.8, 4) is 5.88 Å².